The molecule has 0 spiro atoms. The SMILES string of the molecule is CCn1nc(C)c(Br)c1CN1C(=O)C(C)(C)S1(=O)=O. The predicted octanol–water partition coefficient (Wildman–Crippen LogP) is 1.42. The summed E-state index contributed by atoms with van der Waals surface area (Å²) in [6.07, 6.45) is 0. The second kappa shape index (κ2) is 4.31. The van der Waals surface area contributed by atoms with Gasteiger partial charge in [-0.1, -0.05) is 0 Å². The van der Waals surface area contributed by atoms with Gasteiger partial charge < -0.3 is 0 Å². The highest BCUT2D eigenvalue weighted by atomic mass is 79.9. The fourth-order valence-corrected chi connectivity index (χ4v) is 3.97. The third-order valence-corrected chi connectivity index (χ3v) is 6.79. The van der Waals surface area contributed by atoms with Crippen molar-refractivity contribution in [3.63, 3.8) is 0 Å². The standard InChI is InChI=1S/C11H16BrN3O3S/c1-5-14-8(9(12)7(2)13-14)6-15-10(16)11(3,4)19(15,17)18/h5-6H2,1-4H3. The van der Waals surface area contributed by atoms with E-state index in [4.69, 9.17) is 0 Å². The number of nitrogens with zero attached hydrogens (tertiary/aromatic N) is 3. The van der Waals surface area contributed by atoms with E-state index >= 15 is 0 Å². The van der Waals surface area contributed by atoms with Gasteiger partial charge in [-0.25, -0.2) is 12.7 Å². The van der Waals surface area contributed by atoms with Crippen LogP contribution in [0.25, 0.3) is 0 Å². The first-order valence-corrected chi connectivity index (χ1v) is 8.16. The summed E-state index contributed by atoms with van der Waals surface area (Å²) in [5.74, 6) is -0.374. The molecule has 1 aromatic heterocycles. The maximum Gasteiger partial charge on any atom is 0.259 e. The molecule has 2 heterocycles. The van der Waals surface area contributed by atoms with E-state index in [9.17, 15) is 13.2 Å². The van der Waals surface area contributed by atoms with Crippen LogP contribution in [-0.2, 0) is 27.9 Å². The molecule has 106 valence electrons. The number of carbonyl (C=O) groups excluding carboxylic acids is 1. The largest absolute Gasteiger partial charge is 0.272 e. The van der Waals surface area contributed by atoms with Gasteiger partial charge in [-0.2, -0.15) is 5.10 Å². The van der Waals surface area contributed by atoms with Gasteiger partial charge in [-0.3, -0.25) is 9.48 Å². The van der Waals surface area contributed by atoms with Crippen molar-refractivity contribution in [3.05, 3.63) is 15.9 Å². The second-order valence-electron chi connectivity index (χ2n) is 4.99. The van der Waals surface area contributed by atoms with E-state index in [-0.39, 0.29) is 12.5 Å². The smallest absolute Gasteiger partial charge is 0.259 e. The van der Waals surface area contributed by atoms with E-state index in [1.807, 2.05) is 13.8 Å². The number of hydrogen-bond acceptors (Lipinski definition) is 4. The maximum atomic E-state index is 12.1. The Morgan fingerprint density at radius 1 is 1.37 bits per heavy atom. The maximum absolute atomic E-state index is 12.1. The molecule has 0 N–H and O–H groups in total. The molecule has 6 nitrogen and oxygen atoms in total. The summed E-state index contributed by atoms with van der Waals surface area (Å²) in [6, 6.07) is 0. The summed E-state index contributed by atoms with van der Waals surface area (Å²) in [5, 5.41) is 4.29. The Kier molecular flexibility index (Phi) is 3.29. The Morgan fingerprint density at radius 2 is 1.95 bits per heavy atom. The van der Waals surface area contributed by atoms with Crippen molar-refractivity contribution in [1.29, 1.82) is 0 Å². The van der Waals surface area contributed by atoms with Gasteiger partial charge in [0.2, 0.25) is 0 Å². The van der Waals surface area contributed by atoms with Crippen LogP contribution in [0.15, 0.2) is 4.47 Å². The number of sulfonamides is 1. The number of halogens is 1. The molecule has 2 rings (SSSR count). The van der Waals surface area contributed by atoms with E-state index in [1.165, 1.54) is 13.8 Å². The number of aryl methyl sites for hydroxylation is 2. The molecule has 19 heavy (non-hydrogen) atoms. The van der Waals surface area contributed by atoms with Crippen molar-refractivity contribution >= 4 is 31.9 Å². The highest BCUT2D eigenvalue weighted by Gasteiger charge is 2.60. The van der Waals surface area contributed by atoms with Crippen LogP contribution in [0, 0.1) is 6.92 Å². The molecule has 0 bridgehead atoms. The second-order valence-corrected chi connectivity index (χ2v) is 8.19. The van der Waals surface area contributed by atoms with E-state index in [2.05, 4.69) is 21.0 Å². The van der Waals surface area contributed by atoms with Gasteiger partial charge >= 0.3 is 0 Å². The zero-order chi connectivity index (χ0) is 14.6. The lowest BCUT2D eigenvalue weighted by Crippen LogP contribution is -2.66. The molecular formula is C11H16BrN3O3S. The fourth-order valence-electron chi connectivity index (χ4n) is 2.07. The summed E-state index contributed by atoms with van der Waals surface area (Å²) >= 11 is 3.39. The molecule has 1 aromatic rings. The zero-order valence-corrected chi connectivity index (χ0v) is 13.7. The Balaban J connectivity index is 2.37. The molecule has 1 aliphatic heterocycles. The van der Waals surface area contributed by atoms with Gasteiger partial charge in [0.1, 0.15) is 0 Å². The Labute approximate surface area is 121 Å². The first kappa shape index (κ1) is 14.5. The predicted molar refractivity (Wildman–Crippen MR) is 73.9 cm³/mol. The molecule has 1 aliphatic rings. The van der Waals surface area contributed by atoms with Crippen LogP contribution < -0.4 is 0 Å². The van der Waals surface area contributed by atoms with E-state index in [0.717, 1.165) is 14.5 Å². The monoisotopic (exact) mass is 349 g/mol. The minimum absolute atomic E-state index is 0.0276. The van der Waals surface area contributed by atoms with Crippen LogP contribution in [0.4, 0.5) is 0 Å². The number of aromatic nitrogens is 2. The Hall–Kier alpha value is -0.890. The lowest BCUT2D eigenvalue weighted by atomic mass is 10.2. The van der Waals surface area contributed by atoms with Crippen LogP contribution in [0.1, 0.15) is 32.2 Å². The molecule has 1 saturated heterocycles. The summed E-state index contributed by atoms with van der Waals surface area (Å²) in [6.45, 7) is 7.25. The highest BCUT2D eigenvalue weighted by molar-refractivity contribution is 9.10. The van der Waals surface area contributed by atoms with Crippen molar-refractivity contribution in [1.82, 2.24) is 14.1 Å². The van der Waals surface area contributed by atoms with Gasteiger partial charge in [-0.15, -0.1) is 0 Å². The van der Waals surface area contributed by atoms with Gasteiger partial charge in [0.05, 0.1) is 22.4 Å². The molecule has 0 aromatic carbocycles. The molecule has 0 radical (unpaired) electrons. The van der Waals surface area contributed by atoms with Crippen LogP contribution in [0.5, 0.6) is 0 Å². The Bertz CT molecular complexity index is 648. The minimum Gasteiger partial charge on any atom is -0.272 e. The molecule has 0 atom stereocenters. The molecule has 0 aliphatic carbocycles. The molecule has 8 heteroatoms. The first-order chi connectivity index (χ1) is 8.64. The van der Waals surface area contributed by atoms with Crippen molar-refractivity contribution in [2.45, 2.75) is 45.5 Å². The van der Waals surface area contributed by atoms with Gasteiger partial charge in [0.15, 0.2) is 4.75 Å². The quantitative estimate of drug-likeness (QED) is 0.827. The van der Waals surface area contributed by atoms with E-state index in [1.54, 1.807) is 4.68 Å². The first-order valence-electron chi connectivity index (χ1n) is 5.93. The number of rotatable bonds is 3. The van der Waals surface area contributed by atoms with Crippen LogP contribution in [0.2, 0.25) is 0 Å². The molecule has 0 saturated carbocycles. The molecule has 1 fully saturated rings. The van der Waals surface area contributed by atoms with Crippen LogP contribution in [-0.4, -0.2) is 33.2 Å². The van der Waals surface area contributed by atoms with Crippen molar-refractivity contribution < 1.29 is 13.2 Å². The van der Waals surface area contributed by atoms with Crippen LogP contribution in [0.3, 0.4) is 0 Å². The summed E-state index contributed by atoms with van der Waals surface area (Å²) in [4.78, 5) is 11.9. The Morgan fingerprint density at radius 3 is 2.42 bits per heavy atom. The third-order valence-electron chi connectivity index (χ3n) is 3.42. The highest BCUT2D eigenvalue weighted by Crippen LogP contribution is 2.37. The fraction of sp³-hybridized carbons (Fsp3) is 0.636. The van der Waals surface area contributed by atoms with Crippen molar-refractivity contribution in [2.24, 2.45) is 0 Å². The number of hydrogen-bond donors (Lipinski definition) is 0. The average Bonchev–Trinajstić information content (AvgIpc) is 2.61. The normalized spacial score (nSPS) is 20.5. The zero-order valence-electron chi connectivity index (χ0n) is 11.3. The van der Waals surface area contributed by atoms with Crippen molar-refractivity contribution in [3.8, 4) is 0 Å². The summed E-state index contributed by atoms with van der Waals surface area (Å²) in [7, 11) is -3.56. The summed E-state index contributed by atoms with van der Waals surface area (Å²) < 4.78 is 26.2. The van der Waals surface area contributed by atoms with Crippen molar-refractivity contribution in [2.75, 3.05) is 0 Å². The van der Waals surface area contributed by atoms with E-state index < -0.39 is 14.8 Å². The molecular weight excluding hydrogens is 334 g/mol. The lowest BCUT2D eigenvalue weighted by Gasteiger charge is -2.43. The molecule has 0 unspecified atom stereocenters. The van der Waals surface area contributed by atoms with Crippen LogP contribution >= 0.6 is 15.9 Å². The number of amides is 1. The molecule has 1 amide bonds. The van der Waals surface area contributed by atoms with Gasteiger partial charge in [0, 0.05) is 6.54 Å². The van der Waals surface area contributed by atoms with Gasteiger partial charge in [-0.05, 0) is 43.6 Å². The van der Waals surface area contributed by atoms with Gasteiger partial charge in [0.25, 0.3) is 15.9 Å². The minimum atomic E-state index is -3.56. The summed E-state index contributed by atoms with van der Waals surface area (Å²) in [5.41, 5.74) is 1.48. The lowest BCUT2D eigenvalue weighted by molar-refractivity contribution is -0.132. The topological polar surface area (TPSA) is 72.3 Å². The van der Waals surface area contributed by atoms with E-state index in [0.29, 0.717) is 12.2 Å². The third kappa shape index (κ3) is 1.84. The number of carbonyl (C=O) groups is 1. The average molecular weight is 350 g/mol.